The summed E-state index contributed by atoms with van der Waals surface area (Å²) in [6.07, 6.45) is 0. The van der Waals surface area contributed by atoms with Crippen LogP contribution in [0.15, 0.2) is 0 Å². The molecule has 0 saturated heterocycles. The van der Waals surface area contributed by atoms with Gasteiger partial charge in [0, 0.05) is 0 Å². The van der Waals surface area contributed by atoms with Crippen LogP contribution in [0.3, 0.4) is 0 Å². The third-order valence-corrected chi connectivity index (χ3v) is 0.406. The number of nitrogens with one attached hydrogen (secondary N) is 2. The molecule has 0 fully saturated rings. The Morgan fingerprint density at radius 3 is 1.67 bits per heavy atom. The highest BCUT2D eigenvalue weighted by molar-refractivity contribution is 3.86. The van der Waals surface area contributed by atoms with Crippen molar-refractivity contribution in [1.82, 2.24) is 10.9 Å². The van der Waals surface area contributed by atoms with Crippen molar-refractivity contribution in [2.24, 2.45) is 0 Å². The van der Waals surface area contributed by atoms with Crippen LogP contribution in [0.2, 0.25) is 0 Å². The van der Waals surface area contributed by atoms with Crippen molar-refractivity contribution >= 4 is 0 Å². The van der Waals surface area contributed by atoms with Gasteiger partial charge < -0.3 is 0 Å². The molecule has 0 aromatic rings. The van der Waals surface area contributed by atoms with Gasteiger partial charge in [0.15, 0.2) is 0 Å². The van der Waals surface area contributed by atoms with Crippen LogP contribution < -0.4 is 10.9 Å². The predicted octanol–water partition coefficient (Wildman–Crippen LogP) is -0.966. The number of hydrogen-bond donors (Lipinski definition) is 2. The molecule has 0 aliphatic rings. The Hall–Kier alpha value is -0.800. The van der Waals surface area contributed by atoms with E-state index >= 15 is 0 Å². The third kappa shape index (κ3) is 1.51. The van der Waals surface area contributed by atoms with E-state index in [1.807, 2.05) is 0 Å². The van der Waals surface area contributed by atoms with Crippen molar-refractivity contribution in [3.8, 4) is 0 Å². The van der Waals surface area contributed by atoms with E-state index < -0.39 is 0 Å². The fourth-order valence-corrected chi connectivity index (χ4v) is 0.112. The standard InChI is InChI=1S/C2H8N3O/c1-3-5(6)4-2/h1-2H3,(H2,3,4,6)/q+1. The molecule has 0 atom stereocenters. The highest BCUT2D eigenvalue weighted by Crippen LogP contribution is 1.39. The molecule has 4 heteroatoms. The summed E-state index contributed by atoms with van der Waals surface area (Å²) in [4.78, 5) is 10.4. The highest BCUT2D eigenvalue weighted by Gasteiger charge is 1.89. The van der Waals surface area contributed by atoms with Crippen molar-refractivity contribution in [2.75, 3.05) is 14.1 Å². The molecule has 0 saturated carbocycles. The quantitative estimate of drug-likeness (QED) is 0.339. The molecule has 0 amide bonds. The minimum atomic E-state index is 0.500. The van der Waals surface area contributed by atoms with Crippen LogP contribution in [0.25, 0.3) is 0 Å². The summed E-state index contributed by atoms with van der Waals surface area (Å²) in [5.41, 5.74) is 4.56. The minimum Gasteiger partial charge on any atom is -0.126 e. The molecule has 2 N–H and O–H groups in total. The first-order valence-electron chi connectivity index (χ1n) is 1.63. The molecular weight excluding hydrogens is 82.0 g/mol. The average Bonchev–Trinajstić information content (AvgIpc) is 1.65. The van der Waals surface area contributed by atoms with E-state index in [9.17, 15) is 4.91 Å². The summed E-state index contributed by atoms with van der Waals surface area (Å²) in [6.45, 7) is 0. The van der Waals surface area contributed by atoms with Gasteiger partial charge >= 0.3 is 0 Å². The van der Waals surface area contributed by atoms with Gasteiger partial charge in [-0.15, -0.1) is 10.9 Å². The van der Waals surface area contributed by atoms with Crippen LogP contribution in [0.4, 0.5) is 0 Å². The predicted molar refractivity (Wildman–Crippen MR) is 21.7 cm³/mol. The maximum Gasteiger partial charge on any atom is 0.245 e. The number of nitrogens with zero attached hydrogens (tertiary/aromatic N) is 1. The molecule has 0 aromatic heterocycles. The zero-order valence-electron chi connectivity index (χ0n) is 3.86. The van der Waals surface area contributed by atoms with Crippen LogP contribution >= 0.6 is 0 Å². The zero-order chi connectivity index (χ0) is 4.99. The Kier molecular flexibility index (Phi) is 2.11. The van der Waals surface area contributed by atoms with E-state index in [1.165, 1.54) is 14.1 Å². The van der Waals surface area contributed by atoms with Crippen molar-refractivity contribution < 1.29 is 4.98 Å². The second kappa shape index (κ2) is 2.44. The number of rotatable bonds is 2. The molecule has 0 radical (unpaired) electrons. The fourth-order valence-electron chi connectivity index (χ4n) is 0.112. The van der Waals surface area contributed by atoms with Crippen LogP contribution in [0.1, 0.15) is 0 Å². The molecule has 0 aromatic carbocycles. The molecule has 0 aliphatic heterocycles. The zero-order valence-corrected chi connectivity index (χ0v) is 3.86. The van der Waals surface area contributed by atoms with Crippen LogP contribution in [-0.4, -0.2) is 19.1 Å². The number of nitroso groups, excluding NO2 is 1. The molecule has 0 bridgehead atoms. The van der Waals surface area contributed by atoms with Gasteiger partial charge in [-0.3, -0.25) is 0 Å². The molecule has 36 valence electrons. The monoisotopic (exact) mass is 90.1 g/mol. The summed E-state index contributed by atoms with van der Waals surface area (Å²) in [5, 5.41) is 0. The Balaban J connectivity index is 2.99. The summed E-state index contributed by atoms with van der Waals surface area (Å²) >= 11 is 0. The van der Waals surface area contributed by atoms with Gasteiger partial charge in [-0.2, -0.15) is 0 Å². The summed E-state index contributed by atoms with van der Waals surface area (Å²) in [7, 11) is 3.06. The van der Waals surface area contributed by atoms with Gasteiger partial charge in [0.25, 0.3) is 0 Å². The molecule has 0 unspecified atom stereocenters. The third-order valence-electron chi connectivity index (χ3n) is 0.406. The van der Waals surface area contributed by atoms with Gasteiger partial charge in [0.1, 0.15) is 0 Å². The van der Waals surface area contributed by atoms with E-state index in [1.54, 1.807) is 0 Å². The van der Waals surface area contributed by atoms with Crippen LogP contribution in [0.5, 0.6) is 0 Å². The summed E-state index contributed by atoms with van der Waals surface area (Å²) < 4.78 is 0. The van der Waals surface area contributed by atoms with Gasteiger partial charge in [-0.25, -0.2) is 0 Å². The Labute approximate surface area is 36.0 Å². The lowest BCUT2D eigenvalue weighted by atomic mass is 11.4. The maximum absolute atomic E-state index is 9.88. The van der Waals surface area contributed by atoms with E-state index in [0.717, 1.165) is 0 Å². The molecule has 0 spiro atoms. The van der Waals surface area contributed by atoms with Crippen LogP contribution in [0, 0.1) is 4.91 Å². The summed E-state index contributed by atoms with van der Waals surface area (Å²) in [5.74, 6) is 0. The lowest BCUT2D eigenvalue weighted by Gasteiger charge is -1.79. The van der Waals surface area contributed by atoms with Crippen molar-refractivity contribution in [1.29, 1.82) is 0 Å². The normalized spacial score (nSPS) is 7.00. The van der Waals surface area contributed by atoms with Crippen molar-refractivity contribution in [2.45, 2.75) is 0 Å². The van der Waals surface area contributed by atoms with Gasteiger partial charge in [-0.1, -0.05) is 0 Å². The Morgan fingerprint density at radius 2 is 1.67 bits per heavy atom. The number of hydrogen-bond acceptors (Lipinski definition) is 1. The molecule has 0 rings (SSSR count). The Morgan fingerprint density at radius 1 is 1.33 bits per heavy atom. The fraction of sp³-hybridized carbons (Fsp3) is 1.00. The lowest BCUT2D eigenvalue weighted by Crippen LogP contribution is -2.32. The first kappa shape index (κ1) is 5.20. The Bertz CT molecular complexity index is 46.8. The first-order chi connectivity index (χ1) is 2.81. The van der Waals surface area contributed by atoms with E-state index in [-0.39, 0.29) is 0 Å². The van der Waals surface area contributed by atoms with E-state index in [2.05, 4.69) is 10.9 Å². The molecule has 4 nitrogen and oxygen atoms in total. The number of hydrazine groups is 2. The molecule has 6 heavy (non-hydrogen) atoms. The van der Waals surface area contributed by atoms with Crippen LogP contribution in [-0.2, 0) is 0 Å². The van der Waals surface area contributed by atoms with E-state index in [0.29, 0.717) is 4.98 Å². The molecular formula is C2H8N3O+. The smallest absolute Gasteiger partial charge is 0.126 e. The van der Waals surface area contributed by atoms with Gasteiger partial charge in [0.05, 0.1) is 19.0 Å². The average molecular weight is 90.1 g/mol. The topological polar surface area (TPSA) is 44.1 Å². The minimum absolute atomic E-state index is 0.500. The molecule has 0 heterocycles. The van der Waals surface area contributed by atoms with Crippen molar-refractivity contribution in [3.63, 3.8) is 0 Å². The largest absolute Gasteiger partial charge is 0.245 e. The van der Waals surface area contributed by atoms with Crippen molar-refractivity contribution in [3.05, 3.63) is 4.91 Å². The summed E-state index contributed by atoms with van der Waals surface area (Å²) in [6, 6.07) is 0. The van der Waals surface area contributed by atoms with E-state index in [4.69, 9.17) is 0 Å². The second-order valence-corrected chi connectivity index (χ2v) is 0.742. The SMILES string of the molecule is CN[N+](=O)NC. The lowest BCUT2D eigenvalue weighted by molar-refractivity contribution is -0.653. The molecule has 0 aliphatic carbocycles. The highest BCUT2D eigenvalue weighted by atomic mass is 16.4. The second-order valence-electron chi connectivity index (χ2n) is 0.742. The maximum atomic E-state index is 9.88. The van der Waals surface area contributed by atoms with Gasteiger partial charge in [0.2, 0.25) is 4.98 Å². The van der Waals surface area contributed by atoms with Gasteiger partial charge in [-0.05, 0) is 0 Å². The first-order valence-corrected chi connectivity index (χ1v) is 1.63.